The third kappa shape index (κ3) is 3.54. The van der Waals surface area contributed by atoms with Crippen LogP contribution in [0.25, 0.3) is 11.0 Å². The number of rotatable bonds is 5. The average Bonchev–Trinajstić information content (AvgIpc) is 3.29. The van der Waals surface area contributed by atoms with Crippen LogP contribution in [0, 0.1) is 20.8 Å². The van der Waals surface area contributed by atoms with Crippen LogP contribution in [0.5, 0.6) is 5.75 Å². The Morgan fingerprint density at radius 3 is 2.53 bits per heavy atom. The van der Waals surface area contributed by atoms with E-state index < -0.39 is 17.9 Å². The maximum Gasteiger partial charge on any atom is 0.297 e. The first kappa shape index (κ1) is 21.8. The number of anilines is 1. The minimum atomic E-state index is -0.723. The van der Waals surface area contributed by atoms with Crippen LogP contribution in [0.1, 0.15) is 43.9 Å². The topological polar surface area (TPSA) is 116 Å². The molecule has 2 aromatic heterocycles. The molecule has 0 radical (unpaired) electrons. The molecule has 2 N–H and O–H groups in total. The van der Waals surface area contributed by atoms with E-state index in [-0.39, 0.29) is 23.4 Å². The van der Waals surface area contributed by atoms with E-state index in [0.29, 0.717) is 27.4 Å². The summed E-state index contributed by atoms with van der Waals surface area (Å²) in [6.07, 6.45) is 0. The molecule has 0 saturated heterocycles. The highest BCUT2D eigenvalue weighted by molar-refractivity contribution is 7.15. The molecule has 1 aliphatic rings. The highest BCUT2D eigenvalue weighted by Gasteiger charge is 2.45. The molecule has 2 aromatic carbocycles. The van der Waals surface area contributed by atoms with E-state index in [2.05, 4.69) is 4.98 Å². The molecule has 0 saturated carbocycles. The summed E-state index contributed by atoms with van der Waals surface area (Å²) >= 11 is 1.39. The van der Waals surface area contributed by atoms with E-state index in [9.17, 15) is 14.4 Å². The largest absolute Gasteiger partial charge is 0.484 e. The van der Waals surface area contributed by atoms with E-state index in [1.54, 1.807) is 36.4 Å². The molecule has 5 rings (SSSR count). The minimum Gasteiger partial charge on any atom is -0.484 e. The summed E-state index contributed by atoms with van der Waals surface area (Å²) in [7, 11) is 0. The average molecular weight is 476 g/mol. The van der Waals surface area contributed by atoms with Crippen LogP contribution in [0.3, 0.4) is 0 Å². The monoisotopic (exact) mass is 475 g/mol. The fourth-order valence-corrected chi connectivity index (χ4v) is 5.00. The van der Waals surface area contributed by atoms with Crippen molar-refractivity contribution < 1.29 is 18.7 Å². The molecule has 4 aromatic rings. The number of ether oxygens (including phenoxy) is 1. The van der Waals surface area contributed by atoms with Gasteiger partial charge in [0, 0.05) is 4.88 Å². The summed E-state index contributed by atoms with van der Waals surface area (Å²) in [6.45, 7) is 5.46. The maximum atomic E-state index is 13.7. The van der Waals surface area contributed by atoms with Gasteiger partial charge in [0.2, 0.25) is 5.76 Å². The quantitative estimate of drug-likeness (QED) is 0.470. The highest BCUT2D eigenvalue weighted by Crippen LogP contribution is 2.43. The van der Waals surface area contributed by atoms with Crippen LogP contribution in [0.2, 0.25) is 0 Å². The number of aryl methyl sites for hydroxylation is 3. The number of aromatic nitrogens is 1. The predicted octanol–water partition coefficient (Wildman–Crippen LogP) is 3.79. The fraction of sp³-hybridized carbons (Fsp3) is 0.200. The van der Waals surface area contributed by atoms with Crippen LogP contribution in [0.15, 0.2) is 51.7 Å². The molecule has 0 fully saturated rings. The molecule has 9 heteroatoms. The van der Waals surface area contributed by atoms with Crippen LogP contribution >= 0.6 is 11.3 Å². The summed E-state index contributed by atoms with van der Waals surface area (Å²) < 4.78 is 11.3. The van der Waals surface area contributed by atoms with Gasteiger partial charge >= 0.3 is 0 Å². The van der Waals surface area contributed by atoms with Gasteiger partial charge in [0.1, 0.15) is 11.3 Å². The van der Waals surface area contributed by atoms with E-state index in [0.717, 1.165) is 16.1 Å². The van der Waals surface area contributed by atoms with Gasteiger partial charge in [-0.2, -0.15) is 0 Å². The maximum absolute atomic E-state index is 13.7. The fourth-order valence-electron chi connectivity index (χ4n) is 4.06. The molecule has 0 aliphatic carbocycles. The van der Waals surface area contributed by atoms with Gasteiger partial charge in [0.05, 0.1) is 22.7 Å². The number of primary amides is 1. The number of amides is 2. The van der Waals surface area contributed by atoms with E-state index in [4.69, 9.17) is 14.9 Å². The molecule has 0 bridgehead atoms. The number of fused-ring (bicyclic) bond motifs is 2. The van der Waals surface area contributed by atoms with Crippen LogP contribution in [-0.4, -0.2) is 23.4 Å². The normalized spacial score (nSPS) is 15.1. The van der Waals surface area contributed by atoms with Crippen LogP contribution in [0.4, 0.5) is 5.13 Å². The predicted molar refractivity (Wildman–Crippen MR) is 129 cm³/mol. The van der Waals surface area contributed by atoms with Crippen molar-refractivity contribution in [3.8, 4) is 5.75 Å². The van der Waals surface area contributed by atoms with Crippen molar-refractivity contribution in [2.75, 3.05) is 11.5 Å². The minimum absolute atomic E-state index is 0.0194. The van der Waals surface area contributed by atoms with Gasteiger partial charge in [0.15, 0.2) is 17.2 Å². The van der Waals surface area contributed by atoms with Gasteiger partial charge in [-0.3, -0.25) is 19.3 Å². The van der Waals surface area contributed by atoms with Gasteiger partial charge in [-0.1, -0.05) is 23.8 Å². The first-order chi connectivity index (χ1) is 16.2. The first-order valence-corrected chi connectivity index (χ1v) is 11.4. The molecule has 172 valence electrons. The Labute approximate surface area is 198 Å². The van der Waals surface area contributed by atoms with E-state index in [1.165, 1.54) is 16.2 Å². The molecule has 2 amide bonds. The van der Waals surface area contributed by atoms with Crippen LogP contribution < -0.4 is 20.8 Å². The van der Waals surface area contributed by atoms with Gasteiger partial charge in [-0.25, -0.2) is 4.98 Å². The number of hydrogen-bond acceptors (Lipinski definition) is 7. The van der Waals surface area contributed by atoms with Crippen molar-refractivity contribution in [2.45, 2.75) is 26.8 Å². The van der Waals surface area contributed by atoms with Crippen molar-refractivity contribution in [2.24, 2.45) is 5.73 Å². The zero-order chi connectivity index (χ0) is 24.1. The Morgan fingerprint density at radius 2 is 1.88 bits per heavy atom. The molecule has 0 spiro atoms. The smallest absolute Gasteiger partial charge is 0.297 e. The number of thiazole rings is 1. The second-order valence-corrected chi connectivity index (χ2v) is 9.39. The highest BCUT2D eigenvalue weighted by atomic mass is 32.1. The van der Waals surface area contributed by atoms with Crippen molar-refractivity contribution in [1.82, 2.24) is 4.98 Å². The Balaban J connectivity index is 1.70. The van der Waals surface area contributed by atoms with E-state index in [1.807, 2.05) is 26.8 Å². The Hall–Kier alpha value is -3.98. The molecule has 1 atom stereocenters. The standard InChI is InChI=1S/C25H21N3O5S/c1-12-4-9-18-17(10-12)22(30)20-21(15-5-7-16(8-6-15)32-11-19(26)29)28(24(31)23(20)33-18)25-27-13(2)14(3)34-25/h4-10,21H,11H2,1-3H3,(H2,26,29). The molecular weight excluding hydrogens is 454 g/mol. The Morgan fingerprint density at radius 1 is 1.15 bits per heavy atom. The Kier molecular flexibility index (Phi) is 5.21. The summed E-state index contributed by atoms with van der Waals surface area (Å²) in [5, 5.41) is 0.913. The zero-order valence-corrected chi connectivity index (χ0v) is 19.6. The summed E-state index contributed by atoms with van der Waals surface area (Å²) in [6, 6.07) is 11.4. The van der Waals surface area contributed by atoms with Crippen molar-refractivity contribution in [3.05, 3.63) is 85.7 Å². The molecule has 1 aliphatic heterocycles. The van der Waals surface area contributed by atoms with Gasteiger partial charge < -0.3 is 14.9 Å². The first-order valence-electron chi connectivity index (χ1n) is 10.6. The second-order valence-electron chi connectivity index (χ2n) is 8.21. The number of carbonyl (C=O) groups excluding carboxylic acids is 2. The SMILES string of the molecule is Cc1ccc2oc3c(c(=O)c2c1)C(c1ccc(OCC(N)=O)cc1)N(c1nc(C)c(C)s1)C3=O. The Bertz CT molecular complexity index is 1500. The van der Waals surface area contributed by atoms with Gasteiger partial charge in [0.25, 0.3) is 11.8 Å². The summed E-state index contributed by atoms with van der Waals surface area (Å²) in [5.41, 5.74) is 7.96. The number of nitrogens with zero attached hydrogens (tertiary/aromatic N) is 2. The zero-order valence-electron chi connectivity index (χ0n) is 18.7. The van der Waals surface area contributed by atoms with Crippen molar-refractivity contribution in [3.63, 3.8) is 0 Å². The molecule has 1 unspecified atom stereocenters. The number of nitrogens with two attached hydrogens (primary N) is 1. The second kappa shape index (κ2) is 8.11. The third-order valence-corrected chi connectivity index (χ3v) is 6.90. The summed E-state index contributed by atoms with van der Waals surface area (Å²) in [4.78, 5) is 45.4. The van der Waals surface area contributed by atoms with E-state index >= 15 is 0 Å². The lowest BCUT2D eigenvalue weighted by Gasteiger charge is -2.22. The van der Waals surface area contributed by atoms with Gasteiger partial charge in [-0.15, -0.1) is 11.3 Å². The molecule has 3 heterocycles. The van der Waals surface area contributed by atoms with Gasteiger partial charge in [-0.05, 0) is 50.6 Å². The summed E-state index contributed by atoms with van der Waals surface area (Å²) in [5.74, 6) is -0.533. The number of hydrogen-bond donors (Lipinski definition) is 1. The molecule has 8 nitrogen and oxygen atoms in total. The van der Waals surface area contributed by atoms with Crippen molar-refractivity contribution >= 4 is 39.3 Å². The molecule has 34 heavy (non-hydrogen) atoms. The number of carbonyl (C=O) groups is 2. The molecular formula is C25H21N3O5S. The van der Waals surface area contributed by atoms with Crippen molar-refractivity contribution in [1.29, 1.82) is 0 Å². The lowest BCUT2D eigenvalue weighted by Crippen LogP contribution is -2.29. The van der Waals surface area contributed by atoms with Crippen LogP contribution in [-0.2, 0) is 4.79 Å². The lowest BCUT2D eigenvalue weighted by atomic mass is 9.98. The third-order valence-electron chi connectivity index (χ3n) is 5.83. The number of benzene rings is 2. The lowest BCUT2D eigenvalue weighted by molar-refractivity contribution is -0.119.